The first-order valence-corrected chi connectivity index (χ1v) is 6.83. The largest absolute Gasteiger partial charge is 0.339 e. The summed E-state index contributed by atoms with van der Waals surface area (Å²) in [5, 5.41) is 0. The van der Waals surface area contributed by atoms with Crippen molar-refractivity contribution in [2.24, 2.45) is 0 Å². The summed E-state index contributed by atoms with van der Waals surface area (Å²) in [5.74, 6) is 0.252. The molecule has 0 fully saturated rings. The Morgan fingerprint density at radius 3 is 2.18 bits per heavy atom. The van der Waals surface area contributed by atoms with Crippen LogP contribution in [0, 0.1) is 0 Å². The van der Waals surface area contributed by atoms with E-state index >= 15 is 0 Å². The Bertz CT molecular complexity index is 243. The van der Waals surface area contributed by atoms with Gasteiger partial charge in [0.1, 0.15) is 0 Å². The fourth-order valence-corrected chi connectivity index (χ4v) is 1.61. The number of nitrogens with zero attached hydrogens (tertiary/aromatic N) is 1. The number of carbonyl (C=O) groups is 1. The van der Waals surface area contributed by atoms with Crippen molar-refractivity contribution in [3.05, 3.63) is 24.3 Å². The Hall–Kier alpha value is -1.05. The molecule has 0 atom stereocenters. The van der Waals surface area contributed by atoms with Gasteiger partial charge in [-0.3, -0.25) is 4.79 Å². The van der Waals surface area contributed by atoms with Crippen molar-refractivity contribution in [2.45, 2.75) is 52.9 Å². The minimum absolute atomic E-state index is 0.252. The molecule has 0 radical (unpaired) electrons. The van der Waals surface area contributed by atoms with E-state index in [1.165, 1.54) is 0 Å². The van der Waals surface area contributed by atoms with Crippen LogP contribution in [-0.2, 0) is 4.79 Å². The molecule has 0 aliphatic carbocycles. The highest BCUT2D eigenvalue weighted by Gasteiger charge is 2.07. The molecule has 0 aliphatic heterocycles. The van der Waals surface area contributed by atoms with Gasteiger partial charge in [-0.15, -0.1) is 0 Å². The van der Waals surface area contributed by atoms with Crippen LogP contribution < -0.4 is 0 Å². The quantitative estimate of drug-likeness (QED) is 0.439. The molecule has 0 unspecified atom stereocenters. The molecule has 1 amide bonds. The monoisotopic (exact) mass is 237 g/mol. The third kappa shape index (κ3) is 8.73. The summed E-state index contributed by atoms with van der Waals surface area (Å²) in [5.41, 5.74) is 0. The van der Waals surface area contributed by atoms with Crippen LogP contribution in [0.5, 0.6) is 0 Å². The summed E-state index contributed by atoms with van der Waals surface area (Å²) < 4.78 is 0. The zero-order valence-electron chi connectivity index (χ0n) is 11.6. The summed E-state index contributed by atoms with van der Waals surface area (Å²) in [4.78, 5) is 13.5. The van der Waals surface area contributed by atoms with Crippen LogP contribution in [0.4, 0.5) is 0 Å². The van der Waals surface area contributed by atoms with Gasteiger partial charge in [-0.2, -0.15) is 0 Å². The van der Waals surface area contributed by atoms with Gasteiger partial charge in [-0.1, -0.05) is 45.1 Å². The van der Waals surface area contributed by atoms with Crippen LogP contribution in [0.1, 0.15) is 52.9 Å². The predicted molar refractivity (Wildman–Crippen MR) is 75.0 cm³/mol. The number of hydrogen-bond donors (Lipinski definition) is 0. The average molecular weight is 237 g/mol. The van der Waals surface area contributed by atoms with E-state index < -0.39 is 0 Å². The molecular formula is C15H27NO. The Balaban J connectivity index is 3.83. The van der Waals surface area contributed by atoms with Crippen molar-refractivity contribution in [3.63, 3.8) is 0 Å². The normalized spacial score (nSPS) is 11.5. The number of unbranched alkanes of at least 4 members (excludes halogenated alkanes) is 1. The maximum absolute atomic E-state index is 11.6. The summed E-state index contributed by atoms with van der Waals surface area (Å²) in [6.45, 7) is 7.80. The Morgan fingerprint density at radius 1 is 1.00 bits per heavy atom. The van der Waals surface area contributed by atoms with Gasteiger partial charge in [0.25, 0.3) is 0 Å². The molecule has 0 aromatic heterocycles. The Kier molecular flexibility index (Phi) is 10.7. The van der Waals surface area contributed by atoms with Gasteiger partial charge in [-0.05, 0) is 25.7 Å². The number of hydrogen-bond acceptors (Lipinski definition) is 1. The van der Waals surface area contributed by atoms with E-state index in [0.717, 1.165) is 38.8 Å². The fraction of sp³-hybridized carbons (Fsp3) is 0.667. The van der Waals surface area contributed by atoms with Crippen LogP contribution in [0.3, 0.4) is 0 Å². The van der Waals surface area contributed by atoms with E-state index in [1.807, 2.05) is 11.8 Å². The van der Waals surface area contributed by atoms with E-state index in [-0.39, 0.29) is 5.91 Å². The van der Waals surface area contributed by atoms with Crippen molar-refractivity contribution in [1.29, 1.82) is 0 Å². The average Bonchev–Trinajstić information content (AvgIpc) is 2.35. The van der Waals surface area contributed by atoms with Gasteiger partial charge < -0.3 is 4.90 Å². The zero-order chi connectivity index (χ0) is 12.9. The number of amides is 1. The van der Waals surface area contributed by atoms with E-state index in [2.05, 4.69) is 38.2 Å². The molecule has 0 saturated carbocycles. The summed E-state index contributed by atoms with van der Waals surface area (Å²) >= 11 is 0. The maximum atomic E-state index is 11.6. The van der Waals surface area contributed by atoms with Crippen molar-refractivity contribution < 1.29 is 4.79 Å². The molecule has 98 valence electrons. The summed E-state index contributed by atoms with van der Waals surface area (Å²) in [6.07, 6.45) is 13.6. The molecule has 17 heavy (non-hydrogen) atoms. The molecule has 0 rings (SSSR count). The maximum Gasteiger partial charge on any atom is 0.222 e. The number of carbonyl (C=O) groups excluding carboxylic acids is 1. The minimum Gasteiger partial charge on any atom is -0.339 e. The molecule has 0 bridgehead atoms. The standard InChI is InChI=1S/C15H27NO/c1-4-7-8-9-10-11-12-14-16(13-5-2)15(17)6-3/h7-8,11-12H,4-6,9-10,13-14H2,1-3H3. The third-order valence-electron chi connectivity index (χ3n) is 2.54. The molecule has 0 aromatic rings. The highest BCUT2D eigenvalue weighted by atomic mass is 16.2. The smallest absolute Gasteiger partial charge is 0.222 e. The topological polar surface area (TPSA) is 20.3 Å². The van der Waals surface area contributed by atoms with Gasteiger partial charge in [-0.25, -0.2) is 0 Å². The van der Waals surface area contributed by atoms with Crippen molar-refractivity contribution in [2.75, 3.05) is 13.1 Å². The highest BCUT2D eigenvalue weighted by Crippen LogP contribution is 1.99. The van der Waals surface area contributed by atoms with Gasteiger partial charge in [0, 0.05) is 19.5 Å². The second-order valence-electron chi connectivity index (χ2n) is 4.12. The third-order valence-corrected chi connectivity index (χ3v) is 2.54. The van der Waals surface area contributed by atoms with Crippen LogP contribution in [0.15, 0.2) is 24.3 Å². The molecule has 2 nitrogen and oxygen atoms in total. The second kappa shape index (κ2) is 11.4. The fourth-order valence-electron chi connectivity index (χ4n) is 1.61. The lowest BCUT2D eigenvalue weighted by atomic mass is 10.2. The highest BCUT2D eigenvalue weighted by molar-refractivity contribution is 5.75. The van der Waals surface area contributed by atoms with Crippen molar-refractivity contribution in [1.82, 2.24) is 4.90 Å². The van der Waals surface area contributed by atoms with E-state index in [4.69, 9.17) is 0 Å². The second-order valence-corrected chi connectivity index (χ2v) is 4.12. The lowest BCUT2D eigenvalue weighted by Crippen LogP contribution is -2.31. The van der Waals surface area contributed by atoms with Crippen LogP contribution in [-0.4, -0.2) is 23.9 Å². The van der Waals surface area contributed by atoms with E-state index in [9.17, 15) is 4.79 Å². The first-order valence-electron chi connectivity index (χ1n) is 6.83. The molecule has 0 N–H and O–H groups in total. The zero-order valence-corrected chi connectivity index (χ0v) is 11.6. The molecule has 0 saturated heterocycles. The van der Waals surface area contributed by atoms with E-state index in [0.29, 0.717) is 6.42 Å². The summed E-state index contributed by atoms with van der Waals surface area (Å²) in [7, 11) is 0. The van der Waals surface area contributed by atoms with Crippen molar-refractivity contribution >= 4 is 5.91 Å². The molecule has 0 aromatic carbocycles. The van der Waals surface area contributed by atoms with Gasteiger partial charge in [0.2, 0.25) is 5.91 Å². The number of rotatable bonds is 9. The molecule has 0 spiro atoms. The van der Waals surface area contributed by atoms with Gasteiger partial charge in [0.05, 0.1) is 0 Å². The molecule has 0 heterocycles. The lowest BCUT2D eigenvalue weighted by molar-refractivity contribution is -0.130. The number of allylic oxidation sites excluding steroid dienone is 3. The summed E-state index contributed by atoms with van der Waals surface area (Å²) in [6, 6.07) is 0. The molecule has 2 heteroatoms. The van der Waals surface area contributed by atoms with Crippen molar-refractivity contribution in [3.8, 4) is 0 Å². The SMILES string of the molecule is CCC=CCCC=CCN(CCC)C(=O)CC. The molecule has 0 aliphatic rings. The minimum atomic E-state index is 0.252. The first-order chi connectivity index (χ1) is 8.26. The Morgan fingerprint density at radius 2 is 1.65 bits per heavy atom. The first kappa shape index (κ1) is 16.0. The van der Waals surface area contributed by atoms with Gasteiger partial charge in [0.15, 0.2) is 0 Å². The lowest BCUT2D eigenvalue weighted by Gasteiger charge is -2.19. The Labute approximate surface area is 106 Å². The predicted octanol–water partition coefficient (Wildman–Crippen LogP) is 3.94. The van der Waals surface area contributed by atoms with Crippen LogP contribution in [0.25, 0.3) is 0 Å². The van der Waals surface area contributed by atoms with Gasteiger partial charge >= 0.3 is 0 Å². The van der Waals surface area contributed by atoms with Crippen LogP contribution >= 0.6 is 0 Å². The molecular weight excluding hydrogens is 210 g/mol. The van der Waals surface area contributed by atoms with Crippen LogP contribution in [0.2, 0.25) is 0 Å². The van der Waals surface area contributed by atoms with E-state index in [1.54, 1.807) is 0 Å².